The van der Waals surface area contributed by atoms with Gasteiger partial charge in [0, 0.05) is 31.6 Å². The van der Waals surface area contributed by atoms with E-state index in [2.05, 4.69) is 5.10 Å². The lowest BCUT2D eigenvalue weighted by Gasteiger charge is -2.14. The van der Waals surface area contributed by atoms with E-state index in [0.29, 0.717) is 6.54 Å². The van der Waals surface area contributed by atoms with Crippen LogP contribution >= 0.6 is 23.7 Å². The molecule has 0 unspecified atom stereocenters. The number of rotatable bonds is 1. The van der Waals surface area contributed by atoms with Gasteiger partial charge in [0.15, 0.2) is 0 Å². The summed E-state index contributed by atoms with van der Waals surface area (Å²) in [6.07, 6.45) is 0.900. The van der Waals surface area contributed by atoms with Crippen molar-refractivity contribution in [2.75, 3.05) is 13.1 Å². The fourth-order valence-corrected chi connectivity index (χ4v) is 3.53. The maximum atomic E-state index is 12.3. The van der Waals surface area contributed by atoms with Gasteiger partial charge in [0.2, 0.25) is 0 Å². The Morgan fingerprint density at radius 2 is 2.32 bits per heavy atom. The Morgan fingerprint density at radius 1 is 1.58 bits per heavy atom. The molecule has 5 nitrogen and oxygen atoms in total. The number of amides is 1. The largest absolute Gasteiger partial charge is 0.336 e. The van der Waals surface area contributed by atoms with Gasteiger partial charge in [-0.2, -0.15) is 5.10 Å². The molecule has 0 radical (unpaired) electrons. The lowest BCUT2D eigenvalue weighted by molar-refractivity contribution is 0.0795. The van der Waals surface area contributed by atoms with E-state index >= 15 is 0 Å². The van der Waals surface area contributed by atoms with Gasteiger partial charge in [-0.25, -0.2) is 0 Å². The topological polar surface area (TPSA) is 64.2 Å². The molecular formula is C12H17ClN4OS. The second kappa shape index (κ2) is 5.11. The fraction of sp³-hybridized carbons (Fsp3) is 0.500. The molecule has 104 valence electrons. The fourth-order valence-electron chi connectivity index (χ4n) is 2.44. The van der Waals surface area contributed by atoms with Gasteiger partial charge in [-0.3, -0.25) is 9.48 Å². The molecular weight excluding hydrogens is 284 g/mol. The minimum absolute atomic E-state index is 0. The summed E-state index contributed by atoms with van der Waals surface area (Å²) in [5.41, 5.74) is 6.81. The number of fused-ring (bicyclic) bond motifs is 1. The van der Waals surface area contributed by atoms with Crippen molar-refractivity contribution in [1.29, 1.82) is 0 Å². The predicted octanol–water partition coefficient (Wildman–Crippen LogP) is 1.54. The van der Waals surface area contributed by atoms with Crippen molar-refractivity contribution < 1.29 is 4.79 Å². The van der Waals surface area contributed by atoms with Gasteiger partial charge < -0.3 is 10.6 Å². The van der Waals surface area contributed by atoms with E-state index in [1.807, 2.05) is 29.6 Å². The number of nitrogens with zero attached hydrogens (tertiary/aromatic N) is 3. The Morgan fingerprint density at radius 3 is 2.89 bits per heavy atom. The predicted molar refractivity (Wildman–Crippen MR) is 79.1 cm³/mol. The molecule has 2 aromatic heterocycles. The molecule has 3 heterocycles. The number of aromatic nitrogens is 2. The molecule has 3 rings (SSSR count). The van der Waals surface area contributed by atoms with Crippen LogP contribution in [0.1, 0.15) is 21.8 Å². The Hall–Kier alpha value is -1.11. The normalized spacial score (nSPS) is 18.9. The van der Waals surface area contributed by atoms with Crippen molar-refractivity contribution >= 4 is 39.9 Å². The van der Waals surface area contributed by atoms with E-state index < -0.39 is 0 Å². The number of halogens is 1. The Labute approximate surface area is 121 Å². The van der Waals surface area contributed by atoms with Crippen LogP contribution in [0.3, 0.4) is 0 Å². The molecule has 1 aliphatic heterocycles. The van der Waals surface area contributed by atoms with Crippen molar-refractivity contribution in [3.05, 3.63) is 16.6 Å². The van der Waals surface area contributed by atoms with E-state index in [0.717, 1.165) is 33.8 Å². The summed E-state index contributed by atoms with van der Waals surface area (Å²) in [4.78, 5) is 16.0. The molecule has 0 spiro atoms. The minimum atomic E-state index is 0. The highest BCUT2D eigenvalue weighted by molar-refractivity contribution is 7.20. The molecule has 1 amide bonds. The SMILES string of the molecule is Cc1nn(C)c2sc(C(=O)N3CC[C@@H](N)C3)cc12.Cl. The first-order valence-electron chi connectivity index (χ1n) is 6.04. The van der Waals surface area contributed by atoms with Crippen LogP contribution in [0.5, 0.6) is 0 Å². The molecule has 1 saturated heterocycles. The monoisotopic (exact) mass is 300 g/mol. The summed E-state index contributed by atoms with van der Waals surface area (Å²) in [6, 6.07) is 2.08. The van der Waals surface area contributed by atoms with E-state index in [-0.39, 0.29) is 24.4 Å². The second-order valence-electron chi connectivity index (χ2n) is 4.84. The first-order valence-corrected chi connectivity index (χ1v) is 6.86. The van der Waals surface area contributed by atoms with Gasteiger partial charge in [0.1, 0.15) is 4.83 Å². The summed E-state index contributed by atoms with van der Waals surface area (Å²) in [5, 5.41) is 5.42. The molecule has 0 aliphatic carbocycles. The van der Waals surface area contributed by atoms with E-state index in [1.165, 1.54) is 11.3 Å². The van der Waals surface area contributed by atoms with E-state index in [9.17, 15) is 4.79 Å². The van der Waals surface area contributed by atoms with Crippen LogP contribution in [-0.4, -0.2) is 39.7 Å². The molecule has 7 heteroatoms. The molecule has 0 bridgehead atoms. The van der Waals surface area contributed by atoms with Crippen LogP contribution in [0.4, 0.5) is 0 Å². The number of nitrogens with two attached hydrogens (primary N) is 1. The van der Waals surface area contributed by atoms with Crippen molar-refractivity contribution in [2.45, 2.75) is 19.4 Å². The third kappa shape index (κ3) is 2.35. The maximum Gasteiger partial charge on any atom is 0.264 e. The van der Waals surface area contributed by atoms with Crippen molar-refractivity contribution in [2.24, 2.45) is 12.8 Å². The third-order valence-electron chi connectivity index (χ3n) is 3.42. The van der Waals surface area contributed by atoms with E-state index in [4.69, 9.17) is 5.73 Å². The molecule has 2 N–H and O–H groups in total. The third-order valence-corrected chi connectivity index (χ3v) is 4.61. The average Bonchev–Trinajstić information content (AvgIpc) is 2.98. The average molecular weight is 301 g/mol. The number of carbonyl (C=O) groups excluding carboxylic acids is 1. The lowest BCUT2D eigenvalue weighted by Crippen LogP contribution is -2.31. The van der Waals surface area contributed by atoms with Gasteiger partial charge in [0.05, 0.1) is 10.6 Å². The molecule has 1 fully saturated rings. The molecule has 19 heavy (non-hydrogen) atoms. The zero-order valence-corrected chi connectivity index (χ0v) is 12.6. The van der Waals surface area contributed by atoms with Crippen LogP contribution < -0.4 is 5.73 Å². The molecule has 1 atom stereocenters. The molecule has 0 saturated carbocycles. The second-order valence-corrected chi connectivity index (χ2v) is 5.87. The van der Waals surface area contributed by atoms with Gasteiger partial charge in [0.25, 0.3) is 5.91 Å². The van der Waals surface area contributed by atoms with Gasteiger partial charge in [-0.15, -0.1) is 23.7 Å². The van der Waals surface area contributed by atoms with Crippen LogP contribution in [0.25, 0.3) is 10.2 Å². The number of hydrogen-bond acceptors (Lipinski definition) is 4. The number of aryl methyl sites for hydroxylation is 2. The van der Waals surface area contributed by atoms with Gasteiger partial charge in [-0.05, 0) is 19.4 Å². The van der Waals surface area contributed by atoms with Crippen molar-refractivity contribution in [3.63, 3.8) is 0 Å². The summed E-state index contributed by atoms with van der Waals surface area (Å²) in [5.74, 6) is 0.101. The summed E-state index contributed by atoms with van der Waals surface area (Å²) in [7, 11) is 1.91. The van der Waals surface area contributed by atoms with E-state index in [1.54, 1.807) is 0 Å². The molecule has 0 aromatic carbocycles. The highest BCUT2D eigenvalue weighted by atomic mass is 35.5. The summed E-state index contributed by atoms with van der Waals surface area (Å²) >= 11 is 1.51. The highest BCUT2D eigenvalue weighted by Crippen LogP contribution is 2.29. The quantitative estimate of drug-likeness (QED) is 0.869. The summed E-state index contributed by atoms with van der Waals surface area (Å²) < 4.78 is 1.84. The lowest BCUT2D eigenvalue weighted by atomic mass is 10.3. The van der Waals surface area contributed by atoms with Crippen LogP contribution in [0.2, 0.25) is 0 Å². The standard InChI is InChI=1S/C12H16N4OS.ClH/c1-7-9-5-10(18-12(9)15(2)14-7)11(17)16-4-3-8(13)6-16;/h5,8H,3-4,6,13H2,1-2H3;1H/t8-;/m1./s1. The Kier molecular flexibility index (Phi) is 3.85. The van der Waals surface area contributed by atoms with Crippen molar-refractivity contribution in [3.8, 4) is 0 Å². The molecule has 2 aromatic rings. The Bertz CT molecular complexity index is 586. The van der Waals surface area contributed by atoms with Crippen molar-refractivity contribution in [1.82, 2.24) is 14.7 Å². The number of carbonyl (C=O) groups is 1. The summed E-state index contributed by atoms with van der Waals surface area (Å²) in [6.45, 7) is 3.41. The minimum Gasteiger partial charge on any atom is -0.336 e. The zero-order valence-electron chi connectivity index (χ0n) is 10.9. The first-order chi connectivity index (χ1) is 8.56. The highest BCUT2D eigenvalue weighted by Gasteiger charge is 2.26. The van der Waals surface area contributed by atoms with Gasteiger partial charge >= 0.3 is 0 Å². The van der Waals surface area contributed by atoms with Crippen LogP contribution in [0.15, 0.2) is 6.07 Å². The van der Waals surface area contributed by atoms with Crippen LogP contribution in [0, 0.1) is 6.92 Å². The first kappa shape index (κ1) is 14.3. The maximum absolute atomic E-state index is 12.3. The van der Waals surface area contributed by atoms with Gasteiger partial charge in [-0.1, -0.05) is 0 Å². The molecule has 1 aliphatic rings. The van der Waals surface area contributed by atoms with Crippen LogP contribution in [-0.2, 0) is 7.05 Å². The number of hydrogen-bond donors (Lipinski definition) is 1. The number of thiophene rings is 1. The number of likely N-dealkylation sites (tertiary alicyclic amines) is 1. The Balaban J connectivity index is 0.00000133. The zero-order chi connectivity index (χ0) is 12.9. The smallest absolute Gasteiger partial charge is 0.264 e.